The average Bonchev–Trinajstić information content (AvgIpc) is 2.75. The molecule has 8 bridgehead atoms. The number of sulfonamides is 1. The summed E-state index contributed by atoms with van der Waals surface area (Å²) in [5.41, 5.74) is -1.41. The molecule has 1 N–H and O–H groups in total. The van der Waals surface area contributed by atoms with E-state index >= 15 is 8.78 Å². The number of hydrogen-bond acceptors (Lipinski definition) is 4. The fraction of sp³-hybridized carbons (Fsp3) is 1.00. The fourth-order valence-corrected chi connectivity index (χ4v) is 12.8. The molecule has 0 aromatic carbocycles. The van der Waals surface area contributed by atoms with E-state index in [9.17, 15) is 34.4 Å². The highest BCUT2D eigenvalue weighted by Gasteiger charge is 2.83. The van der Waals surface area contributed by atoms with E-state index in [1.165, 1.54) is 0 Å². The lowest BCUT2D eigenvalue weighted by Gasteiger charge is -2.60. The van der Waals surface area contributed by atoms with Crippen LogP contribution in [-0.2, 0) is 20.1 Å². The summed E-state index contributed by atoms with van der Waals surface area (Å²) in [6.45, 7) is -0.937. The molecule has 0 aromatic heterocycles. The van der Waals surface area contributed by atoms with Gasteiger partial charge >= 0.3 is 26.5 Å². The minimum atomic E-state index is -7.06. The summed E-state index contributed by atoms with van der Waals surface area (Å²) in [7, 11) is -13.6. The van der Waals surface area contributed by atoms with Crippen molar-refractivity contribution in [3.63, 3.8) is 0 Å². The van der Waals surface area contributed by atoms with Gasteiger partial charge in [-0.2, -0.15) is 39.1 Å². The molecule has 6 nitrogen and oxygen atoms in total. The Morgan fingerprint density at radius 3 is 1.13 bits per heavy atom. The molecule has 14 heteroatoms. The highest BCUT2D eigenvalue weighted by molar-refractivity contribution is 7.90. The van der Waals surface area contributed by atoms with Crippen molar-refractivity contribution in [2.24, 2.45) is 46.3 Å². The lowest BCUT2D eigenvalue weighted by molar-refractivity contribution is -0.247. The van der Waals surface area contributed by atoms with E-state index in [0.29, 0.717) is 42.8 Å². The minimum Gasteiger partial charge on any atom is -0.281 e. The fourth-order valence-electron chi connectivity index (χ4n) is 10.6. The van der Waals surface area contributed by atoms with Gasteiger partial charge in [-0.05, 0) is 123 Å². The highest BCUT2D eigenvalue weighted by Crippen LogP contribution is 2.63. The van der Waals surface area contributed by atoms with Gasteiger partial charge in [-0.25, -0.2) is 8.42 Å². The number of alkyl halides is 6. The van der Waals surface area contributed by atoms with Crippen molar-refractivity contribution in [3.05, 3.63) is 0 Å². The van der Waals surface area contributed by atoms with Gasteiger partial charge in [-0.1, -0.05) is 0 Å². The SMILES string of the molecule is O=S(=O)(O)C(F)(F)C(F)(F)C(F)(F)S(=O)(=O)N(CC12CC3CC(CC(C3)C1)C2)CC12CC3CC(CC(C3)C1)C2. The molecule has 8 rings (SSSR count). The second-order valence-corrected chi connectivity index (χ2v) is 17.6. The van der Waals surface area contributed by atoms with Gasteiger partial charge in [-0.15, -0.1) is 0 Å². The third-order valence-electron chi connectivity index (χ3n) is 11.1. The smallest absolute Gasteiger partial charge is 0.281 e. The van der Waals surface area contributed by atoms with Gasteiger partial charge in [0.05, 0.1) is 0 Å². The Kier molecular flexibility index (Phi) is 6.21. The Hall–Kier alpha value is -0.600. The molecule has 0 unspecified atom stereocenters. The first-order valence-electron chi connectivity index (χ1n) is 13.9. The van der Waals surface area contributed by atoms with Gasteiger partial charge < -0.3 is 0 Å². The van der Waals surface area contributed by atoms with E-state index in [4.69, 9.17) is 4.55 Å². The van der Waals surface area contributed by atoms with E-state index in [1.807, 2.05) is 0 Å². The molecule has 8 aliphatic rings. The second-order valence-electron chi connectivity index (χ2n) is 14.2. The van der Waals surface area contributed by atoms with Crippen LogP contribution in [0.3, 0.4) is 0 Å². The molecule has 0 heterocycles. The molecule has 0 saturated heterocycles. The van der Waals surface area contributed by atoms with Crippen LogP contribution in [0.15, 0.2) is 0 Å². The standard InChI is InChI=1S/C25H35F6NO5S2/c26-23(27,25(30,31)39(35,36)37)24(28,29)38(33,34)32(13-21-7-15-1-16(8-21)3-17(2-15)9-21)14-22-10-18-4-19(11-22)6-20(5-18)12-22/h15-20H,1-14H2,(H,35,36,37). The van der Waals surface area contributed by atoms with Gasteiger partial charge in [0.1, 0.15) is 0 Å². The predicted octanol–water partition coefficient (Wildman–Crippen LogP) is 5.76. The Morgan fingerprint density at radius 2 is 0.872 bits per heavy atom. The first-order valence-corrected chi connectivity index (χ1v) is 16.8. The van der Waals surface area contributed by atoms with Crippen LogP contribution in [0.4, 0.5) is 26.3 Å². The van der Waals surface area contributed by atoms with Crippen molar-refractivity contribution >= 4 is 20.1 Å². The van der Waals surface area contributed by atoms with Gasteiger partial charge in [0.15, 0.2) is 0 Å². The van der Waals surface area contributed by atoms with Crippen LogP contribution in [0.2, 0.25) is 0 Å². The number of hydrogen-bond donors (Lipinski definition) is 1. The molecule has 0 atom stereocenters. The molecular formula is C25H35F6NO5S2. The first kappa shape index (κ1) is 28.5. The summed E-state index contributed by atoms with van der Waals surface area (Å²) < 4.78 is 146. The third kappa shape index (κ3) is 4.22. The molecule has 224 valence electrons. The van der Waals surface area contributed by atoms with E-state index in [1.54, 1.807) is 0 Å². The molecular weight excluding hydrogens is 572 g/mol. The first-order chi connectivity index (χ1) is 17.8. The molecule has 0 aromatic rings. The van der Waals surface area contributed by atoms with Crippen molar-refractivity contribution in [2.75, 3.05) is 13.1 Å². The Bertz CT molecular complexity index is 1120. The predicted molar refractivity (Wildman–Crippen MR) is 128 cm³/mol. The zero-order valence-corrected chi connectivity index (χ0v) is 23.1. The maximum absolute atomic E-state index is 15.3. The second kappa shape index (κ2) is 8.49. The van der Waals surface area contributed by atoms with Crippen molar-refractivity contribution < 1.29 is 47.7 Å². The molecule has 8 fully saturated rings. The summed E-state index contributed by atoms with van der Waals surface area (Å²) >= 11 is 0. The van der Waals surface area contributed by atoms with Gasteiger partial charge in [0.25, 0.3) is 10.0 Å². The quantitative estimate of drug-likeness (QED) is 0.266. The Balaban J connectivity index is 1.39. The zero-order valence-electron chi connectivity index (χ0n) is 21.5. The monoisotopic (exact) mass is 607 g/mol. The van der Waals surface area contributed by atoms with Gasteiger partial charge in [0.2, 0.25) is 0 Å². The number of nitrogens with zero attached hydrogens (tertiary/aromatic N) is 1. The summed E-state index contributed by atoms with van der Waals surface area (Å²) in [6, 6.07) is 0. The van der Waals surface area contributed by atoms with E-state index < -0.39 is 60.5 Å². The zero-order chi connectivity index (χ0) is 28.4. The van der Waals surface area contributed by atoms with Crippen LogP contribution < -0.4 is 0 Å². The molecule has 0 spiro atoms. The van der Waals surface area contributed by atoms with Crippen molar-refractivity contribution in [2.45, 2.75) is 93.5 Å². The molecule has 0 aliphatic heterocycles. The van der Waals surface area contributed by atoms with Crippen LogP contribution in [0.25, 0.3) is 0 Å². The minimum absolute atomic E-state index is 0.283. The third-order valence-corrected chi connectivity index (χ3v) is 13.8. The number of halogens is 6. The van der Waals surface area contributed by atoms with Crippen LogP contribution in [0.1, 0.15) is 77.0 Å². The van der Waals surface area contributed by atoms with Gasteiger partial charge in [0, 0.05) is 13.1 Å². The van der Waals surface area contributed by atoms with Crippen molar-refractivity contribution in [3.8, 4) is 0 Å². The molecule has 8 saturated carbocycles. The average molecular weight is 608 g/mol. The molecule has 39 heavy (non-hydrogen) atoms. The summed E-state index contributed by atoms with van der Waals surface area (Å²) in [6.07, 6.45) is 9.11. The van der Waals surface area contributed by atoms with E-state index in [2.05, 4.69) is 0 Å². The Labute approximate surface area is 225 Å². The van der Waals surface area contributed by atoms with Crippen LogP contribution in [-0.4, -0.2) is 55.2 Å². The molecule has 8 aliphatic carbocycles. The van der Waals surface area contributed by atoms with Crippen molar-refractivity contribution in [1.82, 2.24) is 4.31 Å². The topological polar surface area (TPSA) is 91.7 Å². The van der Waals surface area contributed by atoms with Crippen molar-refractivity contribution in [1.29, 1.82) is 0 Å². The van der Waals surface area contributed by atoms with E-state index in [-0.39, 0.29) is 35.5 Å². The Morgan fingerprint density at radius 1 is 0.590 bits per heavy atom. The maximum Gasteiger partial charge on any atom is 0.439 e. The lowest BCUT2D eigenvalue weighted by atomic mass is 9.49. The molecule has 0 radical (unpaired) electrons. The highest BCUT2D eigenvalue weighted by atomic mass is 32.2. The van der Waals surface area contributed by atoms with Crippen LogP contribution in [0.5, 0.6) is 0 Å². The van der Waals surface area contributed by atoms with Gasteiger partial charge in [-0.3, -0.25) is 4.55 Å². The summed E-state index contributed by atoms with van der Waals surface area (Å²) in [5.74, 6) is -5.21. The summed E-state index contributed by atoms with van der Waals surface area (Å²) in [4.78, 5) is 0. The number of rotatable bonds is 9. The molecule has 0 amide bonds. The largest absolute Gasteiger partial charge is 0.439 e. The van der Waals surface area contributed by atoms with Crippen LogP contribution >= 0.6 is 0 Å². The normalized spacial score (nSPS) is 42.1. The van der Waals surface area contributed by atoms with Crippen LogP contribution in [0, 0.1) is 46.3 Å². The lowest BCUT2D eigenvalue weighted by Crippen LogP contribution is -2.65. The maximum atomic E-state index is 15.3. The van der Waals surface area contributed by atoms with E-state index in [0.717, 1.165) is 38.5 Å². The summed E-state index contributed by atoms with van der Waals surface area (Å²) in [5, 5.41) is -13.2.